The molecule has 140 valence electrons. The number of aromatic hydroxyl groups is 2. The molecule has 25 heavy (non-hydrogen) atoms. The Morgan fingerprint density at radius 3 is 2.12 bits per heavy atom. The van der Waals surface area contributed by atoms with Crippen LogP contribution in [0, 0.1) is 6.92 Å². The zero-order chi connectivity index (χ0) is 18.8. The number of carboxylic acids is 1. The van der Waals surface area contributed by atoms with E-state index in [0.717, 1.165) is 38.5 Å². The Bertz CT molecular complexity index is 607. The zero-order valence-corrected chi connectivity index (χ0v) is 15.2. The Hall–Kier alpha value is -2.37. The number of hydrogen-bond acceptors (Lipinski definition) is 5. The maximum Gasteiger partial charge on any atom is 0.303 e. The van der Waals surface area contributed by atoms with Crippen LogP contribution in [-0.2, 0) is 4.79 Å². The first-order valence-electron chi connectivity index (χ1n) is 8.48. The molecule has 0 aromatic heterocycles. The lowest BCUT2D eigenvalue weighted by molar-refractivity contribution is -0.137. The largest absolute Gasteiger partial charge is 0.504 e. The van der Waals surface area contributed by atoms with Crippen molar-refractivity contribution in [3.05, 3.63) is 17.2 Å². The lowest BCUT2D eigenvalue weighted by atomic mass is 10.0. The van der Waals surface area contributed by atoms with E-state index in [1.807, 2.05) is 6.08 Å². The fourth-order valence-electron chi connectivity index (χ4n) is 2.67. The Kier molecular flexibility index (Phi) is 8.67. The van der Waals surface area contributed by atoms with Crippen LogP contribution in [0.2, 0.25) is 0 Å². The Labute approximate surface area is 148 Å². The van der Waals surface area contributed by atoms with Crippen LogP contribution < -0.4 is 9.47 Å². The van der Waals surface area contributed by atoms with Gasteiger partial charge in [-0.05, 0) is 26.2 Å². The summed E-state index contributed by atoms with van der Waals surface area (Å²) >= 11 is 0. The molecule has 3 N–H and O–H groups in total. The van der Waals surface area contributed by atoms with Crippen molar-refractivity contribution in [2.75, 3.05) is 14.2 Å². The average Bonchev–Trinajstić information content (AvgIpc) is 2.58. The van der Waals surface area contributed by atoms with Crippen molar-refractivity contribution in [2.24, 2.45) is 0 Å². The summed E-state index contributed by atoms with van der Waals surface area (Å²) < 4.78 is 10.2. The standard InChI is InChI=1S/C19H28O6/c1-13-14(17(23)19(25-3)18(24-2)16(13)22)11-9-7-5-4-6-8-10-12-15(20)21/h9,11,22-23H,4-8,10,12H2,1-3H3,(H,20,21). The Balaban J connectivity index is 2.58. The number of phenols is 2. The van der Waals surface area contributed by atoms with Crippen molar-refractivity contribution in [2.45, 2.75) is 51.9 Å². The average molecular weight is 352 g/mol. The zero-order valence-electron chi connectivity index (χ0n) is 15.2. The van der Waals surface area contributed by atoms with Gasteiger partial charge in [0.2, 0.25) is 11.5 Å². The molecule has 0 bridgehead atoms. The second-order valence-electron chi connectivity index (χ2n) is 5.90. The van der Waals surface area contributed by atoms with Gasteiger partial charge in [-0.3, -0.25) is 4.79 Å². The number of ether oxygens (including phenoxy) is 2. The van der Waals surface area contributed by atoms with Crippen LogP contribution in [0.5, 0.6) is 23.0 Å². The van der Waals surface area contributed by atoms with Gasteiger partial charge in [-0.25, -0.2) is 0 Å². The van der Waals surface area contributed by atoms with Crippen molar-refractivity contribution in [1.29, 1.82) is 0 Å². The lowest BCUT2D eigenvalue weighted by Gasteiger charge is -2.16. The first-order valence-corrected chi connectivity index (χ1v) is 8.48. The van der Waals surface area contributed by atoms with Crippen molar-refractivity contribution < 1.29 is 29.6 Å². The van der Waals surface area contributed by atoms with Gasteiger partial charge in [0.15, 0.2) is 11.5 Å². The number of aliphatic carboxylic acids is 1. The third-order valence-corrected chi connectivity index (χ3v) is 4.10. The normalized spacial score (nSPS) is 11.0. The van der Waals surface area contributed by atoms with Gasteiger partial charge in [-0.2, -0.15) is 0 Å². The minimum atomic E-state index is -0.740. The molecule has 0 saturated carbocycles. The summed E-state index contributed by atoms with van der Waals surface area (Å²) in [5.41, 5.74) is 1.04. The van der Waals surface area contributed by atoms with Crippen LogP contribution in [0.25, 0.3) is 6.08 Å². The third-order valence-electron chi connectivity index (χ3n) is 4.10. The summed E-state index contributed by atoms with van der Waals surface area (Å²) in [6.07, 6.45) is 9.50. The highest BCUT2D eigenvalue weighted by molar-refractivity contribution is 5.74. The first-order chi connectivity index (χ1) is 11.9. The predicted molar refractivity (Wildman–Crippen MR) is 96.6 cm³/mol. The summed E-state index contributed by atoms with van der Waals surface area (Å²) in [7, 11) is 2.81. The summed E-state index contributed by atoms with van der Waals surface area (Å²) in [4.78, 5) is 10.4. The van der Waals surface area contributed by atoms with Crippen molar-refractivity contribution in [3.8, 4) is 23.0 Å². The van der Waals surface area contributed by atoms with Gasteiger partial charge in [0.05, 0.1) is 14.2 Å². The SMILES string of the molecule is COc1c(O)c(C)c(C=CCCCCCCCC(=O)O)c(O)c1OC. The predicted octanol–water partition coefficient (Wildman–Crippen LogP) is 4.25. The monoisotopic (exact) mass is 352 g/mol. The van der Waals surface area contributed by atoms with E-state index in [1.54, 1.807) is 13.0 Å². The molecule has 0 aliphatic carbocycles. The molecule has 0 unspecified atom stereocenters. The van der Waals surface area contributed by atoms with Crippen LogP contribution in [0.3, 0.4) is 0 Å². The van der Waals surface area contributed by atoms with Gasteiger partial charge < -0.3 is 24.8 Å². The summed E-state index contributed by atoms with van der Waals surface area (Å²) in [6.45, 7) is 1.71. The fourth-order valence-corrected chi connectivity index (χ4v) is 2.67. The molecule has 0 spiro atoms. The molecule has 0 fully saturated rings. The highest BCUT2D eigenvalue weighted by Crippen LogP contribution is 2.48. The van der Waals surface area contributed by atoms with E-state index in [9.17, 15) is 15.0 Å². The van der Waals surface area contributed by atoms with Crippen molar-refractivity contribution in [3.63, 3.8) is 0 Å². The van der Waals surface area contributed by atoms with Crippen LogP contribution >= 0.6 is 0 Å². The van der Waals surface area contributed by atoms with Gasteiger partial charge in [-0.15, -0.1) is 0 Å². The van der Waals surface area contributed by atoms with Gasteiger partial charge in [0.25, 0.3) is 0 Å². The highest BCUT2D eigenvalue weighted by Gasteiger charge is 2.21. The van der Waals surface area contributed by atoms with Crippen LogP contribution in [0.4, 0.5) is 0 Å². The lowest BCUT2D eigenvalue weighted by Crippen LogP contribution is -1.96. The topological polar surface area (TPSA) is 96.2 Å². The van der Waals surface area contributed by atoms with Crippen molar-refractivity contribution >= 4 is 12.0 Å². The minimum Gasteiger partial charge on any atom is -0.504 e. The van der Waals surface area contributed by atoms with E-state index in [1.165, 1.54) is 14.2 Å². The number of allylic oxidation sites excluding steroid dienone is 1. The quantitative estimate of drug-likeness (QED) is 0.407. The number of rotatable bonds is 11. The Morgan fingerprint density at radius 1 is 0.960 bits per heavy atom. The van der Waals surface area contributed by atoms with Gasteiger partial charge in [0, 0.05) is 17.5 Å². The van der Waals surface area contributed by atoms with Crippen LogP contribution in [0.1, 0.15) is 56.1 Å². The molecule has 0 radical (unpaired) electrons. The first kappa shape index (κ1) is 20.7. The summed E-state index contributed by atoms with van der Waals surface area (Å²) in [5.74, 6) is -0.606. The van der Waals surface area contributed by atoms with Crippen molar-refractivity contribution in [1.82, 2.24) is 0 Å². The summed E-state index contributed by atoms with van der Waals surface area (Å²) in [6, 6.07) is 0. The number of benzene rings is 1. The van der Waals surface area contributed by atoms with Gasteiger partial charge in [0.1, 0.15) is 0 Å². The molecule has 0 saturated heterocycles. The van der Waals surface area contributed by atoms with E-state index < -0.39 is 5.97 Å². The molecule has 1 rings (SSSR count). The molecule has 1 aromatic rings. The number of carbonyl (C=O) groups is 1. The van der Waals surface area contributed by atoms with E-state index in [2.05, 4.69) is 0 Å². The molecule has 1 aromatic carbocycles. The molecule has 0 aliphatic heterocycles. The highest BCUT2D eigenvalue weighted by atomic mass is 16.5. The number of hydrogen-bond donors (Lipinski definition) is 3. The minimum absolute atomic E-state index is 0.0461. The maximum absolute atomic E-state index is 10.4. The molecule has 0 aliphatic rings. The van der Waals surface area contributed by atoms with E-state index >= 15 is 0 Å². The number of methoxy groups -OCH3 is 2. The molecule has 0 heterocycles. The van der Waals surface area contributed by atoms with Crippen LogP contribution in [0.15, 0.2) is 6.08 Å². The second kappa shape index (κ2) is 10.5. The molecule has 6 nitrogen and oxygen atoms in total. The molecule has 0 amide bonds. The third kappa shape index (κ3) is 5.89. The van der Waals surface area contributed by atoms with E-state index in [4.69, 9.17) is 14.6 Å². The van der Waals surface area contributed by atoms with E-state index in [0.29, 0.717) is 11.1 Å². The van der Waals surface area contributed by atoms with Gasteiger partial charge in [-0.1, -0.05) is 31.4 Å². The maximum atomic E-state index is 10.4. The van der Waals surface area contributed by atoms with Gasteiger partial charge >= 0.3 is 5.97 Å². The summed E-state index contributed by atoms with van der Waals surface area (Å²) in [5, 5.41) is 29.1. The molecule has 0 atom stereocenters. The number of phenolic OH excluding ortho intramolecular Hbond substituents is 2. The smallest absolute Gasteiger partial charge is 0.303 e. The molecule has 6 heteroatoms. The molecular weight excluding hydrogens is 324 g/mol. The van der Waals surface area contributed by atoms with Crippen LogP contribution in [-0.4, -0.2) is 35.5 Å². The number of unbranched alkanes of at least 4 members (excludes halogenated alkanes) is 5. The number of carboxylic acid groups (broad SMARTS) is 1. The second-order valence-corrected chi connectivity index (χ2v) is 5.90. The fraction of sp³-hybridized carbons (Fsp3) is 0.526. The Morgan fingerprint density at radius 2 is 1.52 bits per heavy atom. The molecular formula is C19H28O6. The van der Waals surface area contributed by atoms with E-state index in [-0.39, 0.29) is 29.4 Å².